The third-order valence-corrected chi connectivity index (χ3v) is 14.0. The number of unbranched alkanes of at least 4 members (excludes halogenated alkanes) is 24. The third-order valence-electron chi connectivity index (χ3n) is 11.5. The van der Waals surface area contributed by atoms with Gasteiger partial charge in [-0.2, -0.15) is 0 Å². The smallest absolute Gasteiger partial charge is 0.475 e. The molecule has 13 heteroatoms. The Hall–Kier alpha value is -2.44. The fourth-order valence-electron chi connectivity index (χ4n) is 7.47. The maximum atomic E-state index is 13.8. The molecule has 0 saturated carbocycles. The van der Waals surface area contributed by atoms with E-state index in [1.807, 2.05) is 24.3 Å². The fourth-order valence-corrected chi connectivity index (χ4v) is 9.51. The summed E-state index contributed by atoms with van der Waals surface area (Å²) in [5.74, 6) is 5.61. The van der Waals surface area contributed by atoms with Crippen molar-refractivity contribution in [3.8, 4) is 5.75 Å². The van der Waals surface area contributed by atoms with E-state index < -0.39 is 19.9 Å². The van der Waals surface area contributed by atoms with Gasteiger partial charge in [0.1, 0.15) is 19.0 Å². The first-order chi connectivity index (χ1) is 32.3. The van der Waals surface area contributed by atoms with Gasteiger partial charge in [0.15, 0.2) is 6.10 Å². The molecule has 378 valence electrons. The number of phosphoric ester groups is 1. The Morgan fingerprint density at radius 1 is 0.561 bits per heavy atom. The molecule has 2 aromatic carbocycles. The van der Waals surface area contributed by atoms with Crippen molar-refractivity contribution in [1.82, 2.24) is 0 Å². The van der Waals surface area contributed by atoms with Crippen LogP contribution in [-0.4, -0.2) is 56.8 Å². The number of aryl methyl sites for hydroxylation is 1. The summed E-state index contributed by atoms with van der Waals surface area (Å²) < 4.78 is 48.0. The molecule has 0 fully saturated rings. The van der Waals surface area contributed by atoms with Crippen molar-refractivity contribution in [2.75, 3.05) is 38.8 Å². The van der Waals surface area contributed by atoms with Crippen LogP contribution in [0.5, 0.6) is 5.75 Å². The highest BCUT2D eigenvalue weighted by molar-refractivity contribution is 7.99. The van der Waals surface area contributed by atoms with E-state index in [4.69, 9.17) is 33.7 Å². The van der Waals surface area contributed by atoms with E-state index in [2.05, 4.69) is 49.9 Å². The normalized spacial score (nSPS) is 12.8. The number of hydrogen-bond donors (Lipinski definition) is 1. The van der Waals surface area contributed by atoms with Crippen molar-refractivity contribution >= 4 is 31.5 Å². The number of thioether (sulfide) groups is 1. The van der Waals surface area contributed by atoms with Crippen molar-refractivity contribution in [3.05, 3.63) is 59.7 Å². The molecule has 11 nitrogen and oxygen atoms in total. The minimum atomic E-state index is -4.16. The number of carbonyl (C=O) groups excluding carboxylic acids is 2. The van der Waals surface area contributed by atoms with Crippen LogP contribution >= 0.6 is 19.6 Å². The van der Waals surface area contributed by atoms with Gasteiger partial charge in [-0.15, -0.1) is 11.8 Å². The maximum absolute atomic E-state index is 13.8. The van der Waals surface area contributed by atoms with Crippen LogP contribution in [0.15, 0.2) is 53.4 Å². The lowest BCUT2D eigenvalue weighted by molar-refractivity contribution is -0.161. The van der Waals surface area contributed by atoms with Gasteiger partial charge in [-0.3, -0.25) is 23.2 Å². The number of benzene rings is 2. The summed E-state index contributed by atoms with van der Waals surface area (Å²) in [7, 11) is -4.16. The van der Waals surface area contributed by atoms with Crippen molar-refractivity contribution in [2.45, 2.75) is 218 Å². The molecular formula is C53H90NO10PS. The zero-order valence-electron chi connectivity index (χ0n) is 41.5. The van der Waals surface area contributed by atoms with Gasteiger partial charge in [-0.1, -0.05) is 198 Å². The van der Waals surface area contributed by atoms with Crippen LogP contribution in [0.2, 0.25) is 0 Å². The van der Waals surface area contributed by atoms with Crippen LogP contribution < -0.4 is 10.6 Å². The number of rotatable bonds is 46. The van der Waals surface area contributed by atoms with E-state index in [1.54, 1.807) is 0 Å². The van der Waals surface area contributed by atoms with E-state index in [0.29, 0.717) is 18.8 Å². The van der Waals surface area contributed by atoms with Crippen LogP contribution in [0.3, 0.4) is 0 Å². The first-order valence-electron chi connectivity index (χ1n) is 25.9. The molecule has 2 atom stereocenters. The van der Waals surface area contributed by atoms with Crippen LogP contribution in [0.4, 0.5) is 0 Å². The van der Waals surface area contributed by atoms with Crippen LogP contribution in [0.1, 0.15) is 205 Å². The number of hydrogen-bond acceptors (Lipinski definition) is 12. The Morgan fingerprint density at radius 3 is 1.53 bits per heavy atom. The molecule has 0 aliphatic heterocycles. The number of carbonyl (C=O) groups is 2. The SMILES string of the molecule is CCCCCCCCCCCCCCCC(=O)OC[C@H](COP(=O)(OCCON)OCCSc1ccc(OCc2ccc(C)cc2)cc1)OC(=O)CCCCCCCCCCCCCCC. The van der Waals surface area contributed by atoms with Gasteiger partial charge in [0.2, 0.25) is 0 Å². The topological polar surface area (TPSA) is 142 Å². The quantitative estimate of drug-likeness (QED) is 0.0222. The summed E-state index contributed by atoms with van der Waals surface area (Å²) in [6.07, 6.45) is 31.0. The van der Waals surface area contributed by atoms with Crippen molar-refractivity contribution in [1.29, 1.82) is 0 Å². The molecule has 0 aliphatic carbocycles. The summed E-state index contributed by atoms with van der Waals surface area (Å²) in [6.45, 7) is 6.30. The van der Waals surface area contributed by atoms with Crippen molar-refractivity contribution in [2.24, 2.45) is 5.90 Å². The molecule has 2 aromatic rings. The summed E-state index contributed by atoms with van der Waals surface area (Å²) in [5.41, 5.74) is 2.30. The number of esters is 2. The third kappa shape index (κ3) is 33.9. The molecule has 2 rings (SSSR count). The second-order valence-electron chi connectivity index (χ2n) is 17.7. The molecule has 1 unspecified atom stereocenters. The van der Waals surface area contributed by atoms with Crippen molar-refractivity contribution < 1.29 is 46.8 Å². The van der Waals surface area contributed by atoms with E-state index >= 15 is 0 Å². The van der Waals surface area contributed by atoms with Gasteiger partial charge in [0, 0.05) is 23.5 Å². The average molecular weight is 964 g/mol. The molecule has 0 radical (unpaired) electrons. The first-order valence-corrected chi connectivity index (χ1v) is 28.3. The lowest BCUT2D eigenvalue weighted by atomic mass is 10.0. The first kappa shape index (κ1) is 59.7. The zero-order valence-corrected chi connectivity index (χ0v) is 43.2. The van der Waals surface area contributed by atoms with Gasteiger partial charge in [0.05, 0.1) is 26.4 Å². The minimum Gasteiger partial charge on any atom is -0.489 e. The van der Waals surface area contributed by atoms with E-state index in [0.717, 1.165) is 54.7 Å². The molecule has 0 amide bonds. The molecule has 2 N–H and O–H groups in total. The minimum absolute atomic E-state index is 0.0364. The Kier molecular flexibility index (Phi) is 37.6. The summed E-state index contributed by atoms with van der Waals surface area (Å²) in [6, 6.07) is 16.0. The van der Waals surface area contributed by atoms with Crippen LogP contribution in [0, 0.1) is 6.92 Å². The predicted molar refractivity (Wildman–Crippen MR) is 270 cm³/mol. The van der Waals surface area contributed by atoms with Gasteiger partial charge >= 0.3 is 19.8 Å². The summed E-state index contributed by atoms with van der Waals surface area (Å²) in [5, 5.41) is 0. The van der Waals surface area contributed by atoms with E-state index in [1.165, 1.54) is 139 Å². The van der Waals surface area contributed by atoms with E-state index in [9.17, 15) is 14.2 Å². The van der Waals surface area contributed by atoms with E-state index in [-0.39, 0.29) is 51.8 Å². The number of ether oxygens (including phenoxy) is 3. The Labute approximate surface area is 405 Å². The second-order valence-corrected chi connectivity index (χ2v) is 20.5. The second kappa shape index (κ2) is 41.5. The molecule has 0 spiro atoms. The maximum Gasteiger partial charge on any atom is 0.475 e. The molecule has 0 heterocycles. The average Bonchev–Trinajstić information content (AvgIpc) is 3.32. The highest BCUT2D eigenvalue weighted by Crippen LogP contribution is 2.49. The molecule has 0 aliphatic rings. The highest BCUT2D eigenvalue weighted by atomic mass is 32.2. The Bertz CT molecular complexity index is 1500. The molecule has 0 saturated heterocycles. The molecular weight excluding hydrogens is 874 g/mol. The fraction of sp³-hybridized carbons (Fsp3) is 0.736. The highest BCUT2D eigenvalue weighted by Gasteiger charge is 2.30. The zero-order chi connectivity index (χ0) is 47.6. The van der Waals surface area contributed by atoms with Crippen LogP contribution in [0.25, 0.3) is 0 Å². The lowest BCUT2D eigenvalue weighted by Gasteiger charge is -2.22. The van der Waals surface area contributed by atoms with Crippen molar-refractivity contribution in [3.63, 3.8) is 0 Å². The van der Waals surface area contributed by atoms with Crippen LogP contribution in [-0.2, 0) is 48.6 Å². The largest absolute Gasteiger partial charge is 0.489 e. The summed E-state index contributed by atoms with van der Waals surface area (Å²) in [4.78, 5) is 31.4. The predicted octanol–water partition coefficient (Wildman–Crippen LogP) is 15.1. The number of phosphoric acid groups is 1. The summed E-state index contributed by atoms with van der Waals surface area (Å²) >= 11 is 1.51. The molecule has 0 bridgehead atoms. The number of nitrogens with two attached hydrogens (primary N) is 1. The Morgan fingerprint density at radius 2 is 1.03 bits per heavy atom. The van der Waals surface area contributed by atoms with Gasteiger partial charge in [-0.25, -0.2) is 10.5 Å². The Balaban J connectivity index is 1.82. The monoisotopic (exact) mass is 964 g/mol. The molecule has 66 heavy (non-hydrogen) atoms. The standard InChI is InChI=1S/C53H90NO10PS/c1-4-6-8-10-12-14-16-18-20-22-24-26-28-30-52(55)59-45-50(64-53(56)31-29-27-25-23-21-19-17-15-13-11-9-7-5-2)46-63-65(57,61-41-40-60-54)62-42-43-66-51-38-36-49(37-39-51)58-44-48-34-32-47(3)33-35-48/h32-39,50H,4-31,40-46,54H2,1-3H3/t50-,65?/m1/s1. The lowest BCUT2D eigenvalue weighted by Crippen LogP contribution is -2.30. The van der Waals surface area contributed by atoms with Gasteiger partial charge < -0.3 is 19.0 Å². The molecule has 0 aromatic heterocycles. The van der Waals surface area contributed by atoms with Gasteiger partial charge in [-0.05, 0) is 49.6 Å². The van der Waals surface area contributed by atoms with Gasteiger partial charge in [0.25, 0.3) is 0 Å².